The third-order valence-corrected chi connectivity index (χ3v) is 2.93. The summed E-state index contributed by atoms with van der Waals surface area (Å²) < 4.78 is 4.96. The van der Waals surface area contributed by atoms with E-state index < -0.39 is 5.97 Å². The Morgan fingerprint density at radius 1 is 1.10 bits per heavy atom. The molecule has 0 aliphatic heterocycles. The maximum absolute atomic E-state index is 12.1. The molecule has 0 saturated carbocycles. The van der Waals surface area contributed by atoms with Crippen molar-refractivity contribution >= 4 is 11.9 Å². The number of benzene rings is 2. The summed E-state index contributed by atoms with van der Waals surface area (Å²) in [7, 11) is 0. The molecule has 0 radical (unpaired) electrons. The third kappa shape index (κ3) is 4.45. The van der Waals surface area contributed by atoms with Crippen molar-refractivity contribution in [2.45, 2.75) is 20.4 Å². The maximum Gasteiger partial charge on any atom is 0.308 e. The number of aryl methyl sites for hydroxylation is 1. The Bertz CT molecular complexity index is 647. The highest BCUT2D eigenvalue weighted by Gasteiger charge is 2.07. The van der Waals surface area contributed by atoms with Crippen LogP contribution in [0.1, 0.15) is 28.4 Å². The minimum atomic E-state index is -0.410. The van der Waals surface area contributed by atoms with Gasteiger partial charge in [-0.2, -0.15) is 0 Å². The minimum absolute atomic E-state index is 0.204. The maximum atomic E-state index is 12.1. The van der Waals surface area contributed by atoms with Crippen molar-refractivity contribution in [3.8, 4) is 5.75 Å². The van der Waals surface area contributed by atoms with E-state index >= 15 is 0 Å². The largest absolute Gasteiger partial charge is 0.427 e. The highest BCUT2D eigenvalue weighted by Crippen LogP contribution is 2.13. The summed E-state index contributed by atoms with van der Waals surface area (Å²) >= 11 is 0. The summed E-state index contributed by atoms with van der Waals surface area (Å²) in [5.41, 5.74) is 2.67. The van der Waals surface area contributed by atoms with Gasteiger partial charge in [0.25, 0.3) is 5.91 Å². The lowest BCUT2D eigenvalue weighted by Crippen LogP contribution is -2.22. The Hall–Kier alpha value is -2.62. The first-order chi connectivity index (χ1) is 10.0. The van der Waals surface area contributed by atoms with Crippen LogP contribution in [-0.2, 0) is 11.3 Å². The standard InChI is InChI=1S/C17H17NO3/c1-12-6-8-14(9-7-12)11-18-17(20)15-4-3-5-16(10-15)21-13(2)19/h3-10H,11H2,1-2H3,(H,18,20). The van der Waals surface area contributed by atoms with Crippen LogP contribution in [0.4, 0.5) is 0 Å². The van der Waals surface area contributed by atoms with Crippen LogP contribution in [0.3, 0.4) is 0 Å². The molecular weight excluding hydrogens is 266 g/mol. The molecule has 0 aromatic heterocycles. The van der Waals surface area contributed by atoms with Crippen LogP contribution in [0.5, 0.6) is 5.75 Å². The van der Waals surface area contributed by atoms with Crippen molar-refractivity contribution in [2.24, 2.45) is 0 Å². The van der Waals surface area contributed by atoms with Crippen molar-refractivity contribution < 1.29 is 14.3 Å². The molecule has 2 aromatic rings. The molecule has 4 nitrogen and oxygen atoms in total. The van der Waals surface area contributed by atoms with Crippen molar-refractivity contribution in [1.29, 1.82) is 0 Å². The SMILES string of the molecule is CC(=O)Oc1cccc(C(=O)NCc2ccc(C)cc2)c1. The molecule has 0 fully saturated rings. The minimum Gasteiger partial charge on any atom is -0.427 e. The fourth-order valence-corrected chi connectivity index (χ4v) is 1.86. The third-order valence-electron chi connectivity index (χ3n) is 2.93. The van der Waals surface area contributed by atoms with Gasteiger partial charge >= 0.3 is 5.97 Å². The molecule has 0 aliphatic carbocycles. The van der Waals surface area contributed by atoms with E-state index in [0.717, 1.165) is 5.56 Å². The van der Waals surface area contributed by atoms with Gasteiger partial charge in [0.05, 0.1) is 0 Å². The molecule has 0 aliphatic rings. The zero-order valence-electron chi connectivity index (χ0n) is 12.1. The van der Waals surface area contributed by atoms with Gasteiger partial charge in [-0.15, -0.1) is 0 Å². The number of carbonyl (C=O) groups excluding carboxylic acids is 2. The normalized spacial score (nSPS) is 10.0. The average molecular weight is 283 g/mol. The fourth-order valence-electron chi connectivity index (χ4n) is 1.86. The van der Waals surface area contributed by atoms with Gasteiger partial charge in [0, 0.05) is 19.0 Å². The Morgan fingerprint density at radius 2 is 1.81 bits per heavy atom. The van der Waals surface area contributed by atoms with Gasteiger partial charge in [-0.3, -0.25) is 9.59 Å². The second-order valence-electron chi connectivity index (χ2n) is 4.79. The molecule has 21 heavy (non-hydrogen) atoms. The average Bonchev–Trinajstić information content (AvgIpc) is 2.46. The van der Waals surface area contributed by atoms with E-state index in [0.29, 0.717) is 17.9 Å². The number of rotatable bonds is 4. The Kier molecular flexibility index (Phi) is 4.72. The van der Waals surface area contributed by atoms with Gasteiger partial charge < -0.3 is 10.1 Å². The summed E-state index contributed by atoms with van der Waals surface area (Å²) in [4.78, 5) is 23.0. The van der Waals surface area contributed by atoms with Crippen molar-refractivity contribution in [3.63, 3.8) is 0 Å². The molecule has 0 unspecified atom stereocenters. The van der Waals surface area contributed by atoms with E-state index in [-0.39, 0.29) is 5.91 Å². The zero-order valence-corrected chi connectivity index (χ0v) is 12.1. The first-order valence-corrected chi connectivity index (χ1v) is 6.67. The number of amides is 1. The molecular formula is C17H17NO3. The molecule has 2 rings (SSSR count). The van der Waals surface area contributed by atoms with E-state index in [1.165, 1.54) is 12.5 Å². The van der Waals surface area contributed by atoms with Crippen LogP contribution in [0.15, 0.2) is 48.5 Å². The molecule has 4 heteroatoms. The molecule has 0 saturated heterocycles. The van der Waals surface area contributed by atoms with E-state index in [2.05, 4.69) is 5.32 Å². The van der Waals surface area contributed by atoms with Crippen molar-refractivity contribution in [3.05, 3.63) is 65.2 Å². The van der Waals surface area contributed by atoms with E-state index in [9.17, 15) is 9.59 Å². The highest BCUT2D eigenvalue weighted by atomic mass is 16.5. The number of ether oxygens (including phenoxy) is 1. The number of carbonyl (C=O) groups is 2. The van der Waals surface area contributed by atoms with Crippen LogP contribution in [0.25, 0.3) is 0 Å². The molecule has 0 spiro atoms. The predicted molar refractivity (Wildman–Crippen MR) is 80.1 cm³/mol. The zero-order chi connectivity index (χ0) is 15.2. The Balaban J connectivity index is 1.99. The Labute approximate surface area is 123 Å². The van der Waals surface area contributed by atoms with Crippen molar-refractivity contribution in [2.75, 3.05) is 0 Å². The first-order valence-electron chi connectivity index (χ1n) is 6.67. The molecule has 1 N–H and O–H groups in total. The number of nitrogens with one attached hydrogen (secondary N) is 1. The number of hydrogen-bond donors (Lipinski definition) is 1. The van der Waals surface area contributed by atoms with Crippen molar-refractivity contribution in [1.82, 2.24) is 5.32 Å². The van der Waals surface area contributed by atoms with E-state index in [4.69, 9.17) is 4.74 Å². The smallest absolute Gasteiger partial charge is 0.308 e. The highest BCUT2D eigenvalue weighted by molar-refractivity contribution is 5.94. The summed E-state index contributed by atoms with van der Waals surface area (Å²) in [6.07, 6.45) is 0. The van der Waals surface area contributed by atoms with Crippen LogP contribution >= 0.6 is 0 Å². The fraction of sp³-hybridized carbons (Fsp3) is 0.176. The summed E-state index contributed by atoms with van der Waals surface area (Å²) in [6, 6.07) is 14.5. The molecule has 2 aromatic carbocycles. The monoisotopic (exact) mass is 283 g/mol. The lowest BCUT2D eigenvalue weighted by molar-refractivity contribution is -0.131. The van der Waals surface area contributed by atoms with Gasteiger partial charge in [-0.25, -0.2) is 0 Å². The topological polar surface area (TPSA) is 55.4 Å². The second kappa shape index (κ2) is 6.70. The van der Waals surface area contributed by atoms with Gasteiger partial charge in [0.1, 0.15) is 5.75 Å². The van der Waals surface area contributed by atoms with Crippen LogP contribution < -0.4 is 10.1 Å². The van der Waals surface area contributed by atoms with Gasteiger partial charge in [-0.1, -0.05) is 35.9 Å². The second-order valence-corrected chi connectivity index (χ2v) is 4.79. The van der Waals surface area contributed by atoms with Gasteiger partial charge in [0.15, 0.2) is 0 Å². The summed E-state index contributed by atoms with van der Waals surface area (Å²) in [5, 5.41) is 2.84. The van der Waals surface area contributed by atoms with Crippen LogP contribution in [0, 0.1) is 6.92 Å². The molecule has 1 amide bonds. The lowest BCUT2D eigenvalue weighted by Gasteiger charge is -2.07. The summed E-state index contributed by atoms with van der Waals surface area (Å²) in [6.45, 7) is 3.80. The van der Waals surface area contributed by atoms with E-state index in [1.54, 1.807) is 24.3 Å². The molecule has 108 valence electrons. The first kappa shape index (κ1) is 14.8. The van der Waals surface area contributed by atoms with E-state index in [1.807, 2.05) is 31.2 Å². The number of hydrogen-bond acceptors (Lipinski definition) is 3. The predicted octanol–water partition coefficient (Wildman–Crippen LogP) is 2.85. The Morgan fingerprint density at radius 3 is 2.48 bits per heavy atom. The molecule has 0 atom stereocenters. The molecule has 0 heterocycles. The molecule has 0 bridgehead atoms. The lowest BCUT2D eigenvalue weighted by atomic mass is 10.1. The van der Waals surface area contributed by atoms with Crippen LogP contribution in [0.2, 0.25) is 0 Å². The van der Waals surface area contributed by atoms with Gasteiger partial charge in [-0.05, 0) is 30.7 Å². The summed E-state index contributed by atoms with van der Waals surface area (Å²) in [5.74, 6) is -0.248. The quantitative estimate of drug-likeness (QED) is 0.693. The van der Waals surface area contributed by atoms with Crippen LogP contribution in [-0.4, -0.2) is 11.9 Å². The number of esters is 1. The van der Waals surface area contributed by atoms with Gasteiger partial charge in [0.2, 0.25) is 0 Å².